The first-order chi connectivity index (χ1) is 13.9. The highest BCUT2D eigenvalue weighted by Gasteiger charge is 2.25. The Morgan fingerprint density at radius 2 is 2.03 bits per heavy atom. The van der Waals surface area contributed by atoms with Crippen LogP contribution in [0.25, 0.3) is 11.1 Å². The summed E-state index contributed by atoms with van der Waals surface area (Å²) in [5.74, 6) is -0.483. The summed E-state index contributed by atoms with van der Waals surface area (Å²) in [6.45, 7) is 9.61. The van der Waals surface area contributed by atoms with Crippen molar-refractivity contribution in [2.75, 3.05) is 25.0 Å². The maximum Gasteiger partial charge on any atom is 0.341 e. The zero-order chi connectivity index (χ0) is 21.0. The summed E-state index contributed by atoms with van der Waals surface area (Å²) >= 11 is 1.38. The minimum atomic E-state index is -0.398. The highest BCUT2D eigenvalue weighted by Crippen LogP contribution is 2.38. The minimum Gasteiger partial charge on any atom is -0.462 e. The molecule has 6 heteroatoms. The van der Waals surface area contributed by atoms with Crippen molar-refractivity contribution in [1.29, 1.82) is 0 Å². The fraction of sp³-hybridized carbons (Fsp3) is 0.478. The highest BCUT2D eigenvalue weighted by molar-refractivity contribution is 7.15. The molecule has 0 radical (unpaired) electrons. The van der Waals surface area contributed by atoms with E-state index in [0.29, 0.717) is 29.8 Å². The van der Waals surface area contributed by atoms with E-state index in [1.807, 2.05) is 31.4 Å². The number of ether oxygens (including phenoxy) is 1. The molecule has 1 aromatic heterocycles. The number of esters is 1. The van der Waals surface area contributed by atoms with Crippen LogP contribution < -0.4 is 5.32 Å². The zero-order valence-electron chi connectivity index (χ0n) is 17.7. The van der Waals surface area contributed by atoms with E-state index in [1.54, 1.807) is 6.92 Å². The van der Waals surface area contributed by atoms with Crippen LogP contribution in [0.3, 0.4) is 0 Å². The summed E-state index contributed by atoms with van der Waals surface area (Å²) in [4.78, 5) is 27.7. The molecular formula is C23H30N2O3S. The van der Waals surface area contributed by atoms with Crippen molar-refractivity contribution in [3.63, 3.8) is 0 Å². The number of anilines is 1. The van der Waals surface area contributed by atoms with Gasteiger partial charge in [-0.1, -0.05) is 30.2 Å². The second-order valence-corrected chi connectivity index (χ2v) is 8.64. The van der Waals surface area contributed by atoms with Crippen LogP contribution in [0, 0.1) is 13.8 Å². The number of carbonyl (C=O) groups is 2. The van der Waals surface area contributed by atoms with Gasteiger partial charge < -0.3 is 10.1 Å². The number of hydrogen-bond donors (Lipinski definition) is 1. The quantitative estimate of drug-likeness (QED) is 0.674. The average molecular weight is 415 g/mol. The first-order valence-electron chi connectivity index (χ1n) is 10.3. The third kappa shape index (κ3) is 5.06. The number of thiophene rings is 1. The van der Waals surface area contributed by atoms with E-state index in [9.17, 15) is 9.59 Å². The normalized spacial score (nSPS) is 17.2. The smallest absolute Gasteiger partial charge is 0.341 e. The van der Waals surface area contributed by atoms with Gasteiger partial charge in [0.05, 0.1) is 13.2 Å². The standard InChI is InChI=1S/C23H30N2O3S/c1-5-28-23(27)21-19(18-10-9-15(2)12-16(18)3)14-29-22(21)24-20(26)13-25-11-7-6-8-17(25)4/h9-10,12,14,17H,5-8,11,13H2,1-4H3,(H,24,26)/t17-/m0/s1. The van der Waals surface area contributed by atoms with Crippen molar-refractivity contribution >= 4 is 28.2 Å². The Hall–Kier alpha value is -2.18. The van der Waals surface area contributed by atoms with Crippen LogP contribution in [0.5, 0.6) is 0 Å². The number of carbonyl (C=O) groups excluding carboxylic acids is 2. The van der Waals surface area contributed by atoms with E-state index in [4.69, 9.17) is 4.74 Å². The summed E-state index contributed by atoms with van der Waals surface area (Å²) in [7, 11) is 0. The van der Waals surface area contributed by atoms with Crippen molar-refractivity contribution in [2.45, 2.75) is 53.0 Å². The molecule has 156 valence electrons. The van der Waals surface area contributed by atoms with E-state index in [1.165, 1.54) is 23.3 Å². The molecule has 0 bridgehead atoms. The number of benzene rings is 1. The molecule has 3 rings (SSSR count). The Bertz CT molecular complexity index is 890. The Balaban J connectivity index is 1.87. The molecule has 1 saturated heterocycles. The lowest BCUT2D eigenvalue weighted by molar-refractivity contribution is -0.118. The van der Waals surface area contributed by atoms with E-state index >= 15 is 0 Å². The Morgan fingerprint density at radius 3 is 2.72 bits per heavy atom. The van der Waals surface area contributed by atoms with Gasteiger partial charge in [-0.2, -0.15) is 0 Å². The minimum absolute atomic E-state index is 0.0849. The molecule has 1 atom stereocenters. The summed E-state index contributed by atoms with van der Waals surface area (Å²) < 4.78 is 5.31. The average Bonchev–Trinajstić information content (AvgIpc) is 3.07. The number of rotatable bonds is 6. The second-order valence-electron chi connectivity index (χ2n) is 7.76. The molecule has 29 heavy (non-hydrogen) atoms. The van der Waals surface area contributed by atoms with E-state index in [0.717, 1.165) is 36.1 Å². The van der Waals surface area contributed by atoms with Crippen LogP contribution >= 0.6 is 11.3 Å². The predicted octanol–water partition coefficient (Wildman–Crippen LogP) is 5.02. The van der Waals surface area contributed by atoms with E-state index in [2.05, 4.69) is 23.2 Å². The van der Waals surface area contributed by atoms with Crippen LogP contribution in [0.4, 0.5) is 5.00 Å². The molecule has 1 aromatic carbocycles. The SMILES string of the molecule is CCOC(=O)c1c(-c2ccc(C)cc2C)csc1NC(=O)CN1CCCC[C@@H]1C. The van der Waals surface area contributed by atoms with Gasteiger partial charge in [0.2, 0.25) is 5.91 Å². The first-order valence-corrected chi connectivity index (χ1v) is 11.2. The maximum atomic E-state index is 12.7. The van der Waals surface area contributed by atoms with Gasteiger partial charge in [0.25, 0.3) is 0 Å². The Labute approximate surface area is 177 Å². The van der Waals surface area contributed by atoms with Crippen LogP contribution in [0.2, 0.25) is 0 Å². The predicted molar refractivity (Wildman–Crippen MR) is 119 cm³/mol. The van der Waals surface area contributed by atoms with Gasteiger partial charge in [0, 0.05) is 17.0 Å². The summed E-state index contributed by atoms with van der Waals surface area (Å²) in [6, 6.07) is 6.56. The van der Waals surface area contributed by atoms with Crippen LogP contribution in [-0.4, -0.2) is 42.5 Å². The van der Waals surface area contributed by atoms with Gasteiger partial charge >= 0.3 is 5.97 Å². The number of amides is 1. The Kier molecular flexibility index (Phi) is 7.09. The number of aryl methyl sites for hydroxylation is 2. The molecule has 0 spiro atoms. The van der Waals surface area contributed by atoms with Crippen LogP contribution in [0.15, 0.2) is 23.6 Å². The molecule has 5 nitrogen and oxygen atoms in total. The van der Waals surface area contributed by atoms with Crippen molar-refractivity contribution in [3.8, 4) is 11.1 Å². The van der Waals surface area contributed by atoms with Crippen LogP contribution in [0.1, 0.15) is 54.6 Å². The van der Waals surface area contributed by atoms with E-state index in [-0.39, 0.29) is 5.91 Å². The van der Waals surface area contributed by atoms with Crippen LogP contribution in [-0.2, 0) is 9.53 Å². The lowest BCUT2D eigenvalue weighted by Crippen LogP contribution is -2.42. The van der Waals surface area contributed by atoms with E-state index < -0.39 is 5.97 Å². The molecule has 0 unspecified atom stereocenters. The van der Waals surface area contributed by atoms with Gasteiger partial charge in [-0.05, 0) is 58.2 Å². The van der Waals surface area contributed by atoms with Crippen molar-refractivity contribution in [2.24, 2.45) is 0 Å². The van der Waals surface area contributed by atoms with Gasteiger partial charge in [-0.3, -0.25) is 9.69 Å². The molecule has 2 heterocycles. The first kappa shape index (κ1) is 21.5. The van der Waals surface area contributed by atoms with Gasteiger partial charge in [-0.15, -0.1) is 11.3 Å². The Morgan fingerprint density at radius 1 is 1.24 bits per heavy atom. The fourth-order valence-electron chi connectivity index (χ4n) is 3.91. The third-order valence-electron chi connectivity index (χ3n) is 5.48. The molecule has 1 N–H and O–H groups in total. The largest absolute Gasteiger partial charge is 0.462 e. The van der Waals surface area contributed by atoms with Crippen molar-refractivity contribution in [3.05, 3.63) is 40.3 Å². The fourth-order valence-corrected chi connectivity index (χ4v) is 4.88. The molecule has 1 amide bonds. The molecule has 0 saturated carbocycles. The highest BCUT2D eigenvalue weighted by atomic mass is 32.1. The molecule has 2 aromatic rings. The number of piperidine rings is 1. The molecule has 1 aliphatic heterocycles. The van der Waals surface area contributed by atoms with Crippen molar-refractivity contribution < 1.29 is 14.3 Å². The summed E-state index contributed by atoms with van der Waals surface area (Å²) in [5, 5.41) is 5.47. The number of hydrogen-bond acceptors (Lipinski definition) is 5. The zero-order valence-corrected chi connectivity index (χ0v) is 18.5. The van der Waals surface area contributed by atoms with Gasteiger partial charge in [0.15, 0.2) is 0 Å². The molecule has 0 aliphatic carbocycles. The molecule has 1 fully saturated rings. The summed E-state index contributed by atoms with van der Waals surface area (Å²) in [6.07, 6.45) is 3.47. The second kappa shape index (κ2) is 9.55. The maximum absolute atomic E-state index is 12.7. The summed E-state index contributed by atoms with van der Waals surface area (Å²) in [5.41, 5.74) is 4.51. The van der Waals surface area contributed by atoms with Gasteiger partial charge in [0.1, 0.15) is 10.6 Å². The monoisotopic (exact) mass is 414 g/mol. The number of nitrogens with zero attached hydrogens (tertiary/aromatic N) is 1. The number of nitrogens with one attached hydrogen (secondary N) is 1. The lowest BCUT2D eigenvalue weighted by atomic mass is 9.97. The lowest BCUT2D eigenvalue weighted by Gasteiger charge is -2.32. The van der Waals surface area contributed by atoms with Crippen molar-refractivity contribution in [1.82, 2.24) is 4.90 Å². The molecular weight excluding hydrogens is 384 g/mol. The molecule has 1 aliphatic rings. The van der Waals surface area contributed by atoms with Gasteiger partial charge in [-0.25, -0.2) is 4.79 Å². The number of likely N-dealkylation sites (tertiary alicyclic amines) is 1. The topological polar surface area (TPSA) is 58.6 Å². The third-order valence-corrected chi connectivity index (χ3v) is 6.38.